The van der Waals surface area contributed by atoms with Crippen molar-refractivity contribution < 1.29 is 32.2 Å². The monoisotopic (exact) mass is 468 g/mol. The second kappa shape index (κ2) is 9.05. The summed E-state index contributed by atoms with van der Waals surface area (Å²) >= 11 is 0. The fraction of sp³-hybridized carbons (Fsp3) is 0.296. The molecule has 0 unspecified atom stereocenters. The first-order valence-corrected chi connectivity index (χ1v) is 11.2. The molecule has 1 aliphatic carbocycles. The van der Waals surface area contributed by atoms with Gasteiger partial charge in [0, 0.05) is 29.2 Å². The summed E-state index contributed by atoms with van der Waals surface area (Å²) < 4.78 is 58.7. The molecule has 3 aromatic rings. The smallest absolute Gasteiger partial charge is 0.306 e. The molecule has 0 spiro atoms. The number of ether oxygens (including phenoxy) is 3. The van der Waals surface area contributed by atoms with Crippen molar-refractivity contribution >= 4 is 5.97 Å². The van der Waals surface area contributed by atoms with Crippen molar-refractivity contribution in [3.63, 3.8) is 0 Å². The summed E-state index contributed by atoms with van der Waals surface area (Å²) in [6, 6.07) is 11.9. The van der Waals surface area contributed by atoms with E-state index < -0.39 is 17.7 Å². The van der Waals surface area contributed by atoms with Crippen molar-refractivity contribution in [2.75, 3.05) is 13.7 Å². The number of hydrogen-bond acceptors (Lipinski definition) is 4. The van der Waals surface area contributed by atoms with Gasteiger partial charge in [0.2, 0.25) is 0 Å². The van der Waals surface area contributed by atoms with Gasteiger partial charge in [0.1, 0.15) is 35.1 Å². The van der Waals surface area contributed by atoms with Crippen LogP contribution >= 0.6 is 0 Å². The van der Waals surface area contributed by atoms with Crippen LogP contribution in [-0.2, 0) is 22.4 Å². The largest absolute Gasteiger partial charge is 0.492 e. The third-order valence-electron chi connectivity index (χ3n) is 6.48. The highest BCUT2D eigenvalue weighted by atomic mass is 19.1. The summed E-state index contributed by atoms with van der Waals surface area (Å²) in [5, 5.41) is 0. The number of methoxy groups -OCH3 is 1. The Morgan fingerprint density at radius 3 is 2.62 bits per heavy atom. The molecule has 0 N–H and O–H groups in total. The number of carbonyl (C=O) groups is 1. The van der Waals surface area contributed by atoms with Crippen molar-refractivity contribution in [1.82, 2.24) is 0 Å². The van der Waals surface area contributed by atoms with E-state index in [0.717, 1.165) is 22.8 Å². The van der Waals surface area contributed by atoms with E-state index >= 15 is 0 Å². The van der Waals surface area contributed by atoms with Crippen molar-refractivity contribution in [2.45, 2.75) is 37.7 Å². The standard InChI is InChI=1S/C27H23F3O4/c1-32-26(31)11-17-14-33-25-13-20(3-4-21(17)25)34-24-7-5-22-16(2-6-23(30)27(22)24)8-15-9-18(28)12-19(29)10-15/h2-4,6,9-10,12-13,17,24H,5,7-8,11,14H2,1H3/t17-,24-/m1/s1. The summed E-state index contributed by atoms with van der Waals surface area (Å²) in [6.45, 7) is 0.388. The molecule has 4 nitrogen and oxygen atoms in total. The minimum Gasteiger partial charge on any atom is -0.492 e. The van der Waals surface area contributed by atoms with Gasteiger partial charge in [-0.15, -0.1) is 0 Å². The summed E-state index contributed by atoms with van der Waals surface area (Å²) in [5.41, 5.74) is 3.55. The molecular weight excluding hydrogens is 445 g/mol. The molecule has 1 aliphatic heterocycles. The van der Waals surface area contributed by atoms with Crippen LogP contribution < -0.4 is 9.47 Å². The average molecular weight is 468 g/mol. The van der Waals surface area contributed by atoms with Gasteiger partial charge in [0.25, 0.3) is 0 Å². The van der Waals surface area contributed by atoms with Gasteiger partial charge >= 0.3 is 5.97 Å². The van der Waals surface area contributed by atoms with Crippen LogP contribution in [0.3, 0.4) is 0 Å². The second-order valence-corrected chi connectivity index (χ2v) is 8.69. The van der Waals surface area contributed by atoms with E-state index in [2.05, 4.69) is 0 Å². The lowest BCUT2D eigenvalue weighted by Crippen LogP contribution is -2.09. The van der Waals surface area contributed by atoms with Crippen LogP contribution in [0.15, 0.2) is 48.5 Å². The Morgan fingerprint density at radius 2 is 1.85 bits per heavy atom. The molecule has 7 heteroatoms. The molecule has 0 bridgehead atoms. The third kappa shape index (κ3) is 4.34. The molecule has 0 fully saturated rings. The maximum Gasteiger partial charge on any atom is 0.306 e. The highest BCUT2D eigenvalue weighted by molar-refractivity contribution is 5.71. The Bertz CT molecular complexity index is 1240. The van der Waals surface area contributed by atoms with E-state index in [1.54, 1.807) is 18.2 Å². The van der Waals surface area contributed by atoms with Crippen LogP contribution in [0, 0.1) is 17.5 Å². The summed E-state index contributed by atoms with van der Waals surface area (Å²) in [7, 11) is 1.36. The van der Waals surface area contributed by atoms with Crippen LogP contribution in [0.2, 0.25) is 0 Å². The Hall–Kier alpha value is -3.48. The zero-order chi connectivity index (χ0) is 23.8. The zero-order valence-electron chi connectivity index (χ0n) is 18.6. The van der Waals surface area contributed by atoms with Crippen LogP contribution in [0.4, 0.5) is 13.2 Å². The van der Waals surface area contributed by atoms with E-state index in [0.29, 0.717) is 48.5 Å². The fourth-order valence-corrected chi connectivity index (χ4v) is 4.91. The minimum atomic E-state index is -0.636. The molecule has 5 rings (SSSR count). The summed E-state index contributed by atoms with van der Waals surface area (Å²) in [6.07, 6.45) is 1.25. The van der Waals surface area contributed by atoms with Crippen LogP contribution in [0.1, 0.15) is 52.7 Å². The number of halogens is 3. The van der Waals surface area contributed by atoms with Crippen molar-refractivity contribution in [3.8, 4) is 11.5 Å². The van der Waals surface area contributed by atoms with Gasteiger partial charge in [0.05, 0.1) is 20.1 Å². The van der Waals surface area contributed by atoms with E-state index in [1.165, 1.54) is 25.3 Å². The Kier molecular flexibility index (Phi) is 5.94. The van der Waals surface area contributed by atoms with E-state index in [-0.39, 0.29) is 24.1 Å². The van der Waals surface area contributed by atoms with Crippen LogP contribution in [-0.4, -0.2) is 19.7 Å². The predicted octanol–water partition coefficient (Wildman–Crippen LogP) is 5.80. The van der Waals surface area contributed by atoms with Gasteiger partial charge in [-0.3, -0.25) is 4.79 Å². The van der Waals surface area contributed by atoms with Crippen LogP contribution in [0.25, 0.3) is 0 Å². The summed E-state index contributed by atoms with van der Waals surface area (Å²) in [5.74, 6) is -0.806. The SMILES string of the molecule is COC(=O)C[C@@H]1COc2cc(O[C@@H]3CCc4c(Cc5cc(F)cc(F)c5)ccc(F)c43)ccc21. The number of hydrogen-bond donors (Lipinski definition) is 0. The number of benzene rings is 3. The molecule has 1 heterocycles. The first kappa shape index (κ1) is 22.3. The number of carbonyl (C=O) groups excluding carboxylic acids is 1. The molecule has 0 amide bonds. The van der Waals surface area contributed by atoms with Gasteiger partial charge < -0.3 is 14.2 Å². The average Bonchev–Trinajstić information content (AvgIpc) is 3.40. The van der Waals surface area contributed by atoms with Gasteiger partial charge in [-0.1, -0.05) is 12.1 Å². The molecule has 0 saturated carbocycles. The molecule has 2 atom stereocenters. The molecule has 0 radical (unpaired) electrons. The lowest BCUT2D eigenvalue weighted by atomic mass is 9.96. The first-order valence-electron chi connectivity index (χ1n) is 11.2. The highest BCUT2D eigenvalue weighted by Gasteiger charge is 2.31. The normalized spacial score (nSPS) is 18.2. The van der Waals surface area contributed by atoms with E-state index in [1.807, 2.05) is 6.07 Å². The predicted molar refractivity (Wildman–Crippen MR) is 119 cm³/mol. The molecular formula is C27H23F3O4. The van der Waals surface area contributed by atoms with Gasteiger partial charge in [0.15, 0.2) is 0 Å². The number of rotatable bonds is 6. The molecule has 176 valence electrons. The highest BCUT2D eigenvalue weighted by Crippen LogP contribution is 2.42. The van der Waals surface area contributed by atoms with Gasteiger partial charge in [-0.25, -0.2) is 13.2 Å². The van der Waals surface area contributed by atoms with E-state index in [4.69, 9.17) is 14.2 Å². The third-order valence-corrected chi connectivity index (χ3v) is 6.48. The van der Waals surface area contributed by atoms with E-state index in [9.17, 15) is 18.0 Å². The van der Waals surface area contributed by atoms with Crippen LogP contribution in [0.5, 0.6) is 11.5 Å². The molecule has 2 aliphatic rings. The molecule has 34 heavy (non-hydrogen) atoms. The van der Waals surface area contributed by atoms with Crippen molar-refractivity contribution in [2.24, 2.45) is 0 Å². The lowest BCUT2D eigenvalue weighted by Gasteiger charge is -2.17. The van der Waals surface area contributed by atoms with Crippen molar-refractivity contribution in [1.29, 1.82) is 0 Å². The Balaban J connectivity index is 1.36. The Morgan fingerprint density at radius 1 is 1.06 bits per heavy atom. The molecule has 0 aromatic heterocycles. The number of esters is 1. The maximum atomic E-state index is 14.8. The molecule has 3 aromatic carbocycles. The first-order chi connectivity index (χ1) is 16.4. The second-order valence-electron chi connectivity index (χ2n) is 8.69. The van der Waals surface area contributed by atoms with Crippen molar-refractivity contribution in [3.05, 3.63) is 93.8 Å². The van der Waals surface area contributed by atoms with Gasteiger partial charge in [-0.05, 0) is 60.2 Å². The van der Waals surface area contributed by atoms with Gasteiger partial charge in [-0.2, -0.15) is 0 Å². The zero-order valence-corrected chi connectivity index (χ0v) is 18.6. The quantitative estimate of drug-likeness (QED) is 0.429. The maximum absolute atomic E-state index is 14.8. The lowest BCUT2D eigenvalue weighted by molar-refractivity contribution is -0.141. The number of fused-ring (bicyclic) bond motifs is 2. The summed E-state index contributed by atoms with van der Waals surface area (Å²) in [4.78, 5) is 11.6. The topological polar surface area (TPSA) is 44.8 Å². The fourth-order valence-electron chi connectivity index (χ4n) is 4.91. The molecule has 0 saturated heterocycles. The Labute approximate surface area is 195 Å². The minimum absolute atomic E-state index is 0.0728.